The number of carbonyl (C=O) groups excluding carboxylic acids is 2. The molecule has 0 spiro atoms. The van der Waals surface area contributed by atoms with Crippen molar-refractivity contribution in [3.63, 3.8) is 0 Å². The topological polar surface area (TPSA) is 77.5 Å². The van der Waals surface area contributed by atoms with E-state index >= 15 is 0 Å². The molecule has 11 heteroatoms. The summed E-state index contributed by atoms with van der Waals surface area (Å²) in [7, 11) is -0.256. The van der Waals surface area contributed by atoms with E-state index in [0.717, 1.165) is 44.2 Å². The molecular weight excluding hydrogens is 925 g/mol. The summed E-state index contributed by atoms with van der Waals surface area (Å²) in [5, 5.41) is 0. The van der Waals surface area contributed by atoms with Gasteiger partial charge in [-0.25, -0.2) is 0 Å². The molecule has 0 radical (unpaired) electrons. The normalized spacial score (nSPS) is 16.6. The van der Waals surface area contributed by atoms with Crippen LogP contribution >= 0.6 is 22.6 Å². The molecule has 3 fully saturated rings. The number of aryl methyl sites for hydroxylation is 2. The van der Waals surface area contributed by atoms with Crippen LogP contribution in [0.5, 0.6) is 0 Å². The predicted molar refractivity (Wildman–Crippen MR) is 262 cm³/mol. The van der Waals surface area contributed by atoms with Gasteiger partial charge in [0, 0.05) is 29.5 Å². The summed E-state index contributed by atoms with van der Waals surface area (Å²) in [6.45, 7) is 20.0. The summed E-state index contributed by atoms with van der Waals surface area (Å²) in [6.07, 6.45) is 9.88. The van der Waals surface area contributed by atoms with E-state index in [9.17, 15) is 9.59 Å². The predicted octanol–water partition coefficient (Wildman–Crippen LogP) is 7.71. The molecule has 3 saturated heterocycles. The monoisotopic (exact) mass is 997 g/mol. The van der Waals surface area contributed by atoms with Crippen molar-refractivity contribution in [2.24, 2.45) is 0 Å². The van der Waals surface area contributed by atoms with Crippen molar-refractivity contribution in [1.29, 1.82) is 0 Å². The average molecular weight is 998 g/mol. The van der Waals surface area contributed by atoms with Gasteiger partial charge in [0.15, 0.2) is 0 Å². The first-order chi connectivity index (χ1) is 29.8. The van der Waals surface area contributed by atoms with Crippen molar-refractivity contribution in [3.05, 3.63) is 123 Å². The molecule has 0 atom stereocenters. The molecule has 8 nitrogen and oxygen atoms in total. The number of esters is 2. The zero-order valence-electron chi connectivity index (χ0n) is 40.3. The zero-order chi connectivity index (χ0) is 44.4. The molecule has 0 saturated carbocycles. The third-order valence-electron chi connectivity index (χ3n) is 12.1. The van der Waals surface area contributed by atoms with Crippen molar-refractivity contribution in [3.8, 4) is 11.1 Å². The Morgan fingerprint density at radius 1 is 0.619 bits per heavy atom. The largest absolute Gasteiger partial charge is 1.00 e. The maximum atomic E-state index is 11.4. The molecule has 0 aromatic heterocycles. The summed E-state index contributed by atoms with van der Waals surface area (Å²) in [6, 6.07) is 34.6. The fourth-order valence-corrected chi connectivity index (χ4v) is 8.28. The number of carbonyl (C=O) groups is 2. The molecule has 3 aliphatic heterocycles. The number of halogens is 1. The maximum absolute atomic E-state index is 11.4. The van der Waals surface area contributed by atoms with Crippen LogP contribution in [-0.4, -0.2) is 79.5 Å². The molecule has 0 aliphatic carbocycles. The number of likely N-dealkylation sites (tertiary alicyclic amines) is 2. The Bertz CT molecular complexity index is 1960. The van der Waals surface area contributed by atoms with Crippen LogP contribution in [0, 0.1) is 3.57 Å². The summed E-state index contributed by atoms with van der Waals surface area (Å²) in [5.41, 5.74) is 8.40. The van der Waals surface area contributed by atoms with E-state index in [0.29, 0.717) is 26.1 Å². The number of hydrogen-bond donors (Lipinski definition) is 0. The summed E-state index contributed by atoms with van der Waals surface area (Å²) >= 11 is 2.28. The Morgan fingerprint density at radius 2 is 1.06 bits per heavy atom. The van der Waals surface area contributed by atoms with E-state index in [1.54, 1.807) is 0 Å². The third kappa shape index (κ3) is 18.4. The third-order valence-corrected chi connectivity index (χ3v) is 12.8. The first kappa shape index (κ1) is 53.7. The van der Waals surface area contributed by atoms with E-state index in [4.69, 9.17) is 18.8 Å². The van der Waals surface area contributed by atoms with Gasteiger partial charge in [-0.15, -0.1) is 0 Å². The molecule has 0 bridgehead atoms. The molecular formula is C52H71BIKN2O6. The molecule has 0 amide bonds. The van der Waals surface area contributed by atoms with Crippen LogP contribution in [-0.2, 0) is 54.3 Å². The quantitative estimate of drug-likeness (QED) is 0.0643. The van der Waals surface area contributed by atoms with Crippen LogP contribution in [0.25, 0.3) is 11.1 Å². The number of nitrogens with zero attached hydrogens (tertiary/aromatic N) is 2. The second-order valence-corrected chi connectivity index (χ2v) is 18.9. The Morgan fingerprint density at radius 3 is 1.54 bits per heavy atom. The van der Waals surface area contributed by atoms with E-state index in [-0.39, 0.29) is 83.1 Å². The molecule has 3 aliphatic rings. The van der Waals surface area contributed by atoms with E-state index in [1.165, 1.54) is 88.8 Å². The number of rotatable bonds is 16. The molecule has 4 aromatic rings. The van der Waals surface area contributed by atoms with Gasteiger partial charge < -0.3 is 20.2 Å². The van der Waals surface area contributed by atoms with Gasteiger partial charge in [0.05, 0.1) is 24.4 Å². The van der Waals surface area contributed by atoms with Crippen molar-refractivity contribution in [1.82, 2.24) is 9.80 Å². The second kappa shape index (κ2) is 27.7. The summed E-state index contributed by atoms with van der Waals surface area (Å²) < 4.78 is 23.3. The van der Waals surface area contributed by atoms with Crippen LogP contribution in [0.1, 0.15) is 117 Å². The molecule has 0 unspecified atom stereocenters. The smallest absolute Gasteiger partial charge is 1.00 e. The van der Waals surface area contributed by atoms with E-state index < -0.39 is 0 Å². The second-order valence-electron chi connectivity index (χ2n) is 17.6. The van der Waals surface area contributed by atoms with Gasteiger partial charge in [-0.1, -0.05) is 78.9 Å². The fourth-order valence-electron chi connectivity index (χ4n) is 7.92. The molecule has 7 rings (SSSR count). The summed E-state index contributed by atoms with van der Waals surface area (Å²) in [5.74, 6) is -0.193. The van der Waals surface area contributed by atoms with Crippen LogP contribution in [0.15, 0.2) is 97.1 Å². The summed E-state index contributed by atoms with van der Waals surface area (Å²) in [4.78, 5) is 27.5. The van der Waals surface area contributed by atoms with Crippen LogP contribution in [0.3, 0.4) is 0 Å². The van der Waals surface area contributed by atoms with Crippen LogP contribution in [0.4, 0.5) is 0 Å². The van der Waals surface area contributed by atoms with Crippen molar-refractivity contribution >= 4 is 47.1 Å². The van der Waals surface area contributed by atoms with Gasteiger partial charge in [-0.05, 0) is 199 Å². The number of benzene rings is 4. The Balaban J connectivity index is 0.000000260. The van der Waals surface area contributed by atoms with Gasteiger partial charge in [-0.3, -0.25) is 19.4 Å². The van der Waals surface area contributed by atoms with Gasteiger partial charge in [-0.2, -0.15) is 0 Å². The van der Waals surface area contributed by atoms with Crippen molar-refractivity contribution in [2.45, 2.75) is 130 Å². The van der Waals surface area contributed by atoms with Crippen molar-refractivity contribution in [2.75, 3.05) is 39.4 Å². The minimum atomic E-state index is -0.275. The van der Waals surface area contributed by atoms with E-state index in [1.807, 2.05) is 13.8 Å². The van der Waals surface area contributed by atoms with Gasteiger partial charge >= 0.3 is 70.4 Å². The van der Waals surface area contributed by atoms with E-state index in [2.05, 4.69) is 157 Å². The fraction of sp³-hybridized carbons (Fsp3) is 0.500. The van der Waals surface area contributed by atoms with Crippen molar-refractivity contribution < 1.29 is 81.2 Å². The standard InChI is InChI=1S/C23H29NO2.C17H26BNO2.C12H15IO2.K.H/c1-2-26-23(25)10-6-7-19-11-13-21(14-12-19)22-9-5-8-20(17-22)18-24-15-3-4-16-24;1-16(2)17(3,4)21-18(20-16)15-9-7-8-14(12-15)13-19-10-5-6-11-19;1-2-15-12(14)5-3-4-10-6-8-11(13)9-7-10;;/h5,8-9,11-14,17H,2-4,6-7,10,15-16,18H2,1H3;7-9,12H,5-6,10-11,13H2,1-4H3;6-9H,2-5H2,1H3;;/q;;;+1;-1/i;;;;1+1. The maximum Gasteiger partial charge on any atom is 1.00 e. The Labute approximate surface area is 437 Å². The average Bonchev–Trinajstić information content (AvgIpc) is 4.01. The first-order valence-electron chi connectivity index (χ1n) is 23.0. The van der Waals surface area contributed by atoms with Crippen LogP contribution < -0.4 is 56.8 Å². The number of ether oxygens (including phenoxy) is 2. The molecule has 3 heterocycles. The van der Waals surface area contributed by atoms with Gasteiger partial charge in [0.1, 0.15) is 0 Å². The minimum absolute atomic E-state index is 0. The molecule has 336 valence electrons. The SMILES string of the molecule is CC1(C)OB(c2cccc(CN3CCCC3)c2)OC1(C)C.CCOC(=O)CCCc1ccc(-c2cccc(CN3CCCC3)c2)cc1.CCOC(=O)CCCc1ccc(I)cc1.[2H-].[K+]. The number of hydrogen-bond acceptors (Lipinski definition) is 8. The Kier molecular flexibility index (Phi) is 23.6. The minimum Gasteiger partial charge on any atom is -1.00 e. The van der Waals surface area contributed by atoms with Gasteiger partial charge in [0.2, 0.25) is 0 Å². The zero-order valence-corrected chi connectivity index (χ0v) is 44.5. The molecule has 63 heavy (non-hydrogen) atoms. The Hall–Kier alpha value is -1.91. The molecule has 4 aromatic carbocycles. The van der Waals surface area contributed by atoms with Gasteiger partial charge in [0.25, 0.3) is 0 Å². The first-order valence-corrected chi connectivity index (χ1v) is 24.0. The van der Waals surface area contributed by atoms with Crippen LogP contribution in [0.2, 0.25) is 0 Å². The molecule has 0 N–H and O–H groups in total.